The van der Waals surface area contributed by atoms with Crippen molar-refractivity contribution in [3.63, 3.8) is 0 Å². The number of fused-ring (bicyclic) bond motifs is 6. The second-order valence-corrected chi connectivity index (χ2v) is 19.3. The lowest BCUT2D eigenvalue weighted by Crippen LogP contribution is -2.57. The molecule has 8 rings (SSSR count). The van der Waals surface area contributed by atoms with Crippen molar-refractivity contribution in [3.8, 4) is 0 Å². The molecule has 4 aromatic carbocycles. The number of carbonyl (C=O) groups excluding carboxylic acids is 4. The van der Waals surface area contributed by atoms with Crippen molar-refractivity contribution in [1.29, 1.82) is 0 Å². The molecule has 7 aromatic rings. The number of alkyl carbamates (subject to hydrolysis) is 1. The molecule has 0 bridgehead atoms. The summed E-state index contributed by atoms with van der Waals surface area (Å²) in [4.78, 5) is 62.2. The Kier molecular flexibility index (Phi) is 14.3. The minimum Gasteiger partial charge on any atom is -0.428 e. The van der Waals surface area contributed by atoms with Crippen LogP contribution in [0, 0.1) is 0 Å². The summed E-state index contributed by atoms with van der Waals surface area (Å²) in [5.74, 6) is -1.16. The summed E-state index contributed by atoms with van der Waals surface area (Å²) in [6, 6.07) is 23.9. The number of primary amides is 2. The number of benzene rings is 4. The molecule has 69 heavy (non-hydrogen) atoms. The fraction of sp³-hybridized carbons (Fsp3) is 0.380. The summed E-state index contributed by atoms with van der Waals surface area (Å²) in [5.41, 5.74) is 18.2. The Balaban J connectivity index is 0.927. The third kappa shape index (κ3) is 9.58. The summed E-state index contributed by atoms with van der Waals surface area (Å²) in [5, 5.41) is 10.5. The highest BCUT2D eigenvalue weighted by Crippen LogP contribution is 2.37. The van der Waals surface area contributed by atoms with E-state index in [1.807, 2.05) is 88.4 Å². The molecule has 3 aromatic heterocycles. The highest BCUT2D eigenvalue weighted by molar-refractivity contribution is 7.89. The zero-order chi connectivity index (χ0) is 49.1. The molecule has 4 amide bonds. The summed E-state index contributed by atoms with van der Waals surface area (Å²) < 4.78 is 40.3. The van der Waals surface area contributed by atoms with Gasteiger partial charge in [-0.3, -0.25) is 9.59 Å². The maximum atomic E-state index is 13.9. The van der Waals surface area contributed by atoms with Crippen molar-refractivity contribution in [3.05, 3.63) is 108 Å². The molecule has 1 aliphatic rings. The second kappa shape index (κ2) is 20.3. The number of amides is 4. The van der Waals surface area contributed by atoms with Gasteiger partial charge < -0.3 is 45.4 Å². The third-order valence-corrected chi connectivity index (χ3v) is 15.1. The number of hydroxylamine groups is 2. The topological polar surface area (TPSA) is 231 Å². The molecule has 6 N–H and O–H groups in total. The van der Waals surface area contributed by atoms with Gasteiger partial charge in [-0.15, -0.1) is 5.06 Å². The van der Waals surface area contributed by atoms with Crippen LogP contribution in [0.25, 0.3) is 43.6 Å². The lowest BCUT2D eigenvalue weighted by atomic mass is 9.90. The molecule has 0 radical (unpaired) electrons. The maximum absolute atomic E-state index is 13.9. The van der Waals surface area contributed by atoms with Crippen LogP contribution < -0.4 is 22.1 Å². The molecule has 0 aliphatic carbocycles. The number of piperazine rings is 1. The molecule has 18 nitrogen and oxygen atoms in total. The van der Waals surface area contributed by atoms with Crippen molar-refractivity contribution in [2.75, 3.05) is 32.7 Å². The third-order valence-electron chi connectivity index (χ3n) is 13.4. The van der Waals surface area contributed by atoms with Crippen LogP contribution in [-0.2, 0) is 39.7 Å². The Hall–Kier alpha value is -6.96. The van der Waals surface area contributed by atoms with Crippen LogP contribution in [0.15, 0.2) is 90.3 Å². The number of sulfonamides is 1. The van der Waals surface area contributed by atoms with Crippen molar-refractivity contribution in [1.82, 2.24) is 38.7 Å². The molecule has 19 heteroatoms. The summed E-state index contributed by atoms with van der Waals surface area (Å²) in [6.45, 7) is 9.34. The van der Waals surface area contributed by atoms with Crippen LogP contribution in [0.5, 0.6) is 0 Å². The monoisotopic (exact) mass is 960 g/mol. The minimum absolute atomic E-state index is 0.0213. The quantitative estimate of drug-likeness (QED) is 0.0685. The Morgan fingerprint density at radius 3 is 1.70 bits per heavy atom. The number of nitrogens with one attached hydrogen (secondary N) is 2. The number of imidazole rings is 1. The molecule has 3 atom stereocenters. The number of hydrogen-bond acceptors (Lipinski definition) is 10. The van der Waals surface area contributed by atoms with Crippen molar-refractivity contribution >= 4 is 77.6 Å². The first-order valence-corrected chi connectivity index (χ1v) is 25.0. The first kappa shape index (κ1) is 48.5. The number of aryl methyl sites for hydroxylation is 3. The van der Waals surface area contributed by atoms with Crippen LogP contribution in [0.3, 0.4) is 0 Å². The Labute approximate surface area is 400 Å². The normalized spacial score (nSPS) is 15.7. The molecule has 1 aliphatic heterocycles. The van der Waals surface area contributed by atoms with Gasteiger partial charge in [0, 0.05) is 85.1 Å². The molecule has 364 valence electrons. The van der Waals surface area contributed by atoms with E-state index in [0.29, 0.717) is 43.5 Å². The molecule has 1 saturated heterocycles. The summed E-state index contributed by atoms with van der Waals surface area (Å²) >= 11 is 0. The molecule has 3 unspecified atom stereocenters. The fourth-order valence-electron chi connectivity index (χ4n) is 9.96. The van der Waals surface area contributed by atoms with E-state index in [0.717, 1.165) is 65.5 Å². The van der Waals surface area contributed by atoms with Gasteiger partial charge in [0.1, 0.15) is 0 Å². The van der Waals surface area contributed by atoms with Gasteiger partial charge in [-0.1, -0.05) is 50.2 Å². The lowest BCUT2D eigenvalue weighted by Gasteiger charge is -2.37. The average Bonchev–Trinajstić information content (AvgIpc) is 4.02. The van der Waals surface area contributed by atoms with E-state index < -0.39 is 40.3 Å². The fourth-order valence-corrected chi connectivity index (χ4v) is 11.4. The average molecular weight is 961 g/mol. The molecule has 0 saturated carbocycles. The van der Waals surface area contributed by atoms with E-state index in [-0.39, 0.29) is 49.6 Å². The Bertz CT molecular complexity index is 3200. The van der Waals surface area contributed by atoms with Gasteiger partial charge in [-0.2, -0.15) is 4.31 Å². The number of nitrogens with zero attached hydrogens (tertiary/aromatic N) is 6. The SMILES string of the molecule is CCC(CCNC(=O)OC1CN(OC(=O)NCCC(CC)c2cc(C(N)=O)c3c(c2)c2ccccc2n3CC)CCN1S(=O)(=O)c1cn(C)cn1)c1cc(C(N)=O)c2c(c1)c1ccccc1n2CC. The number of carbonyl (C=O) groups is 4. The van der Waals surface area contributed by atoms with Gasteiger partial charge in [0.05, 0.1) is 35.0 Å². The summed E-state index contributed by atoms with van der Waals surface area (Å²) in [7, 11) is -2.61. The van der Waals surface area contributed by atoms with Crippen molar-refractivity contribution in [2.24, 2.45) is 18.5 Å². The maximum Gasteiger partial charge on any atom is 0.426 e. The van der Waals surface area contributed by atoms with Crippen LogP contribution in [0.2, 0.25) is 0 Å². The summed E-state index contributed by atoms with van der Waals surface area (Å²) in [6.07, 6.45) is 2.09. The van der Waals surface area contributed by atoms with Crippen LogP contribution >= 0.6 is 0 Å². The van der Waals surface area contributed by atoms with E-state index in [2.05, 4.69) is 36.9 Å². The number of para-hydroxylation sites is 2. The van der Waals surface area contributed by atoms with E-state index in [1.165, 1.54) is 22.2 Å². The van der Waals surface area contributed by atoms with E-state index in [4.69, 9.17) is 21.0 Å². The van der Waals surface area contributed by atoms with Gasteiger partial charge in [-0.05, 0) is 98.9 Å². The Morgan fingerprint density at radius 1 is 0.725 bits per heavy atom. The Morgan fingerprint density at radius 2 is 1.23 bits per heavy atom. The zero-order valence-corrected chi connectivity index (χ0v) is 40.4. The smallest absolute Gasteiger partial charge is 0.426 e. The first-order valence-electron chi connectivity index (χ1n) is 23.5. The number of ether oxygens (including phenoxy) is 1. The zero-order valence-electron chi connectivity index (χ0n) is 39.6. The molecular weight excluding hydrogens is 901 g/mol. The second-order valence-electron chi connectivity index (χ2n) is 17.4. The van der Waals surface area contributed by atoms with Crippen LogP contribution in [-0.4, -0.2) is 99.4 Å². The van der Waals surface area contributed by atoms with Gasteiger partial charge >= 0.3 is 12.2 Å². The number of aromatic nitrogens is 4. The number of rotatable bonds is 18. The van der Waals surface area contributed by atoms with Gasteiger partial charge in [-0.25, -0.2) is 23.0 Å². The van der Waals surface area contributed by atoms with Crippen LogP contribution in [0.4, 0.5) is 9.59 Å². The lowest BCUT2D eigenvalue weighted by molar-refractivity contribution is -0.158. The first-order chi connectivity index (χ1) is 33.2. The predicted molar refractivity (Wildman–Crippen MR) is 264 cm³/mol. The standard InChI is InChI=1S/C50H60N10O8S/c1-6-31(33-24-37-35-14-10-12-16-41(35)58(8-3)45(37)39(26-33)47(51)61)18-20-53-49(63)67-44-29-57(22-23-60(44)69(65,66)43-28-56(5)30-55-43)68-50(64)54-21-19-32(7-2)34-25-38-36-15-11-13-17-42(36)59(9-4)46(38)40(27-34)48(52)62/h10-17,24-28,30-32,44H,6-9,18-23,29H2,1-5H3,(H2,51,61)(H2,52,62)(H,53,63)(H,54,64). The minimum atomic E-state index is -4.25. The number of hydrogen-bond donors (Lipinski definition) is 4. The van der Waals surface area contributed by atoms with Crippen LogP contribution in [0.1, 0.15) is 97.1 Å². The van der Waals surface area contributed by atoms with E-state index >= 15 is 0 Å². The largest absolute Gasteiger partial charge is 0.428 e. The van der Waals surface area contributed by atoms with E-state index in [9.17, 15) is 27.6 Å². The van der Waals surface area contributed by atoms with E-state index in [1.54, 1.807) is 7.05 Å². The van der Waals surface area contributed by atoms with Crippen molar-refractivity contribution in [2.45, 2.75) is 89.6 Å². The molecular formula is C50H60N10O8S. The molecule has 0 spiro atoms. The van der Waals surface area contributed by atoms with Crippen molar-refractivity contribution < 1.29 is 37.2 Å². The van der Waals surface area contributed by atoms with Gasteiger partial charge in [0.25, 0.3) is 21.8 Å². The predicted octanol–water partition coefficient (Wildman–Crippen LogP) is 7.04. The van der Waals surface area contributed by atoms with Gasteiger partial charge in [0.2, 0.25) is 0 Å². The molecule has 4 heterocycles. The highest BCUT2D eigenvalue weighted by atomic mass is 32.2. The van der Waals surface area contributed by atoms with Gasteiger partial charge in [0.15, 0.2) is 11.3 Å². The highest BCUT2D eigenvalue weighted by Gasteiger charge is 2.41. The molecule has 1 fully saturated rings. The number of nitrogens with two attached hydrogens (primary N) is 2.